The van der Waals surface area contributed by atoms with E-state index in [0.29, 0.717) is 0 Å². The van der Waals surface area contributed by atoms with Crippen LogP contribution in [0.15, 0.2) is 60.7 Å². The van der Waals surface area contributed by atoms with E-state index in [1.54, 1.807) is 0 Å². The molecular weight excluding hydrogens is 330 g/mol. The van der Waals surface area contributed by atoms with Crippen LogP contribution in [0.3, 0.4) is 0 Å². The number of hydrogen-bond donors (Lipinski definition) is 0. The van der Waals surface area contributed by atoms with Crippen LogP contribution < -0.4 is 0 Å². The molecule has 0 amide bonds. The molecule has 0 saturated heterocycles. The molecule has 6 heteroatoms. The number of hydrogen-bond acceptors (Lipinski definition) is 0. The first-order chi connectivity index (χ1) is 11.4. The third-order valence-corrected chi connectivity index (χ3v) is 3.70. The van der Waals surface area contributed by atoms with E-state index in [0.717, 1.165) is 0 Å². The van der Waals surface area contributed by atoms with Gasteiger partial charge < -0.3 is 0 Å². The van der Waals surface area contributed by atoms with Crippen LogP contribution >= 0.6 is 0 Å². The van der Waals surface area contributed by atoms with Crippen molar-refractivity contribution >= 4 is 33.2 Å². The van der Waals surface area contributed by atoms with Crippen molar-refractivity contribution in [2.45, 2.75) is 0 Å². The van der Waals surface area contributed by atoms with Crippen molar-refractivity contribution in [1.29, 1.82) is 0 Å². The Kier molecular flexibility index (Phi) is 4.05. The standard InChI is InChI=1S/C18H8F6/c19-15(17(21)22)13-9-5-1-2-6-10(9)14(16(20)18(23)24)12-8-4-3-7-11(12)13/h1-8H. The molecule has 0 saturated carbocycles. The quantitative estimate of drug-likeness (QED) is 0.346. The monoisotopic (exact) mass is 338 g/mol. The Bertz CT molecular complexity index is 870. The summed E-state index contributed by atoms with van der Waals surface area (Å²) in [6, 6.07) is 10.9. The van der Waals surface area contributed by atoms with Crippen molar-refractivity contribution in [3.63, 3.8) is 0 Å². The van der Waals surface area contributed by atoms with Crippen molar-refractivity contribution in [3.05, 3.63) is 71.8 Å². The summed E-state index contributed by atoms with van der Waals surface area (Å²) in [7, 11) is 0. The zero-order chi connectivity index (χ0) is 17.4. The Balaban J connectivity index is 2.67. The molecule has 0 aliphatic carbocycles. The Labute approximate surface area is 132 Å². The van der Waals surface area contributed by atoms with Crippen LogP contribution in [0.25, 0.3) is 33.2 Å². The van der Waals surface area contributed by atoms with Gasteiger partial charge in [-0.15, -0.1) is 0 Å². The highest BCUT2D eigenvalue weighted by Gasteiger charge is 2.23. The fraction of sp³-hybridized carbons (Fsp3) is 0. The molecule has 0 fully saturated rings. The zero-order valence-corrected chi connectivity index (χ0v) is 11.9. The highest BCUT2D eigenvalue weighted by atomic mass is 19.3. The molecular formula is C18H8F6. The van der Waals surface area contributed by atoms with Crippen LogP contribution in [0.4, 0.5) is 26.3 Å². The van der Waals surface area contributed by atoms with Gasteiger partial charge in [-0.05, 0) is 21.5 Å². The lowest BCUT2D eigenvalue weighted by Gasteiger charge is -2.14. The minimum atomic E-state index is -2.54. The molecule has 3 aromatic carbocycles. The predicted octanol–water partition coefficient (Wildman–Crippen LogP) is 7.06. The number of benzene rings is 3. The maximum atomic E-state index is 14.1. The lowest BCUT2D eigenvalue weighted by Crippen LogP contribution is -1.93. The molecule has 3 aromatic rings. The molecule has 0 aliphatic heterocycles. The van der Waals surface area contributed by atoms with Gasteiger partial charge in [0.2, 0.25) is 0 Å². The molecule has 122 valence electrons. The summed E-state index contributed by atoms with van der Waals surface area (Å²) in [5.74, 6) is -3.53. The van der Waals surface area contributed by atoms with Crippen molar-refractivity contribution in [3.8, 4) is 0 Å². The van der Waals surface area contributed by atoms with Gasteiger partial charge in [0, 0.05) is 11.1 Å². The zero-order valence-electron chi connectivity index (χ0n) is 11.9. The molecule has 3 rings (SSSR count). The minimum Gasteiger partial charge on any atom is -0.200 e. The molecule has 0 atom stereocenters. The SMILES string of the molecule is FC(F)=C(F)c1c2ccccc2c(C(F)=C(F)F)c2ccccc12. The summed E-state index contributed by atoms with van der Waals surface area (Å²) in [5, 5.41) is -0.304. The molecule has 24 heavy (non-hydrogen) atoms. The topological polar surface area (TPSA) is 0 Å². The Morgan fingerprint density at radius 1 is 0.458 bits per heavy atom. The molecule has 0 aliphatic rings. The van der Waals surface area contributed by atoms with Gasteiger partial charge in [-0.25, -0.2) is 8.78 Å². The lowest BCUT2D eigenvalue weighted by molar-refractivity contribution is 0.410. The van der Waals surface area contributed by atoms with Crippen LogP contribution in [-0.2, 0) is 0 Å². The van der Waals surface area contributed by atoms with E-state index < -0.39 is 34.9 Å². The van der Waals surface area contributed by atoms with E-state index in [-0.39, 0.29) is 21.5 Å². The normalized spacial score (nSPS) is 10.9. The first-order valence-electron chi connectivity index (χ1n) is 6.79. The molecule has 0 N–H and O–H groups in total. The third kappa shape index (κ3) is 2.44. The first kappa shape index (κ1) is 16.1. The molecule has 0 heterocycles. The summed E-state index contributed by atoms with van der Waals surface area (Å²) in [6.07, 6.45) is -5.07. The molecule has 0 unspecified atom stereocenters. The van der Waals surface area contributed by atoms with Gasteiger partial charge in [0.05, 0.1) is 0 Å². The maximum absolute atomic E-state index is 14.1. The van der Waals surface area contributed by atoms with E-state index in [1.165, 1.54) is 48.5 Å². The van der Waals surface area contributed by atoms with Crippen LogP contribution in [0, 0.1) is 0 Å². The van der Waals surface area contributed by atoms with Crippen LogP contribution in [0.2, 0.25) is 0 Å². The fourth-order valence-electron chi connectivity index (χ4n) is 2.79. The van der Waals surface area contributed by atoms with Gasteiger partial charge in [-0.3, -0.25) is 0 Å². The van der Waals surface area contributed by atoms with Crippen molar-refractivity contribution in [1.82, 2.24) is 0 Å². The maximum Gasteiger partial charge on any atom is 0.306 e. The fourth-order valence-corrected chi connectivity index (χ4v) is 2.79. The molecule has 0 radical (unpaired) electrons. The summed E-state index contributed by atoms with van der Waals surface area (Å²) in [6.45, 7) is 0. The number of halogens is 6. The predicted molar refractivity (Wildman–Crippen MR) is 81.9 cm³/mol. The Hall–Kier alpha value is -2.76. The molecule has 0 aromatic heterocycles. The van der Waals surface area contributed by atoms with Crippen LogP contribution in [-0.4, -0.2) is 0 Å². The highest BCUT2D eigenvalue weighted by molar-refractivity contribution is 6.14. The average Bonchev–Trinajstić information content (AvgIpc) is 2.58. The average molecular weight is 338 g/mol. The molecule has 0 spiro atoms. The molecule has 0 nitrogen and oxygen atoms in total. The van der Waals surface area contributed by atoms with Crippen molar-refractivity contribution < 1.29 is 26.3 Å². The number of fused-ring (bicyclic) bond motifs is 2. The van der Waals surface area contributed by atoms with Crippen molar-refractivity contribution in [2.75, 3.05) is 0 Å². The second-order valence-corrected chi connectivity index (χ2v) is 4.99. The van der Waals surface area contributed by atoms with Gasteiger partial charge in [0.15, 0.2) is 11.7 Å². The Morgan fingerprint density at radius 3 is 0.917 bits per heavy atom. The smallest absolute Gasteiger partial charge is 0.200 e. The van der Waals surface area contributed by atoms with Crippen LogP contribution in [0.1, 0.15) is 11.1 Å². The van der Waals surface area contributed by atoms with Gasteiger partial charge >= 0.3 is 12.2 Å². The number of rotatable bonds is 2. The van der Waals surface area contributed by atoms with Gasteiger partial charge in [-0.1, -0.05) is 48.5 Å². The second-order valence-electron chi connectivity index (χ2n) is 4.99. The lowest BCUT2D eigenvalue weighted by atomic mass is 9.91. The largest absolute Gasteiger partial charge is 0.306 e. The summed E-state index contributed by atoms with van der Waals surface area (Å²) < 4.78 is 79.6. The first-order valence-corrected chi connectivity index (χ1v) is 6.79. The second kappa shape index (κ2) is 6.03. The molecule has 0 bridgehead atoms. The van der Waals surface area contributed by atoms with Gasteiger partial charge in [-0.2, -0.15) is 17.6 Å². The summed E-state index contributed by atoms with van der Waals surface area (Å²) >= 11 is 0. The summed E-state index contributed by atoms with van der Waals surface area (Å²) in [5.41, 5.74) is -0.894. The third-order valence-electron chi connectivity index (χ3n) is 3.70. The van der Waals surface area contributed by atoms with E-state index >= 15 is 0 Å². The highest BCUT2D eigenvalue weighted by Crippen LogP contribution is 2.42. The Morgan fingerprint density at radius 2 is 0.708 bits per heavy atom. The van der Waals surface area contributed by atoms with E-state index in [4.69, 9.17) is 0 Å². The van der Waals surface area contributed by atoms with Gasteiger partial charge in [0.25, 0.3) is 0 Å². The van der Waals surface area contributed by atoms with E-state index in [9.17, 15) is 26.3 Å². The van der Waals surface area contributed by atoms with Crippen LogP contribution in [0.5, 0.6) is 0 Å². The van der Waals surface area contributed by atoms with Gasteiger partial charge in [0.1, 0.15) is 0 Å². The minimum absolute atomic E-state index is 0.0760. The van der Waals surface area contributed by atoms with E-state index in [2.05, 4.69) is 0 Å². The van der Waals surface area contributed by atoms with Crippen molar-refractivity contribution in [2.24, 2.45) is 0 Å². The summed E-state index contributed by atoms with van der Waals surface area (Å²) in [4.78, 5) is 0. The van der Waals surface area contributed by atoms with E-state index in [1.807, 2.05) is 0 Å².